The standard InChI is InChI=1S/C21H22NO.C11H8N.Ir/c1-21(2,3)14-11-12-22-18(13-14)17-9-6-8-16-15-7-4-5-10-19(15)23-20(16)17;1-2-6-10(7-3-1)11-8-4-5-9-12-11;/h6,8,11-13H,4-5,7,10H2,1-3H3;1-6,8-9H;/q2*-1;. The maximum absolute atomic E-state index is 6.23. The van der Waals surface area contributed by atoms with Gasteiger partial charge in [-0.05, 0) is 59.3 Å². The second-order valence-corrected chi connectivity index (χ2v) is 9.98. The van der Waals surface area contributed by atoms with Crippen molar-refractivity contribution < 1.29 is 24.5 Å². The maximum Gasteiger partial charge on any atom is 0.0930 e. The van der Waals surface area contributed by atoms with Gasteiger partial charge in [-0.15, -0.1) is 54.1 Å². The number of fused-ring (bicyclic) bond motifs is 3. The van der Waals surface area contributed by atoms with Crippen LogP contribution >= 0.6 is 0 Å². The second-order valence-electron chi connectivity index (χ2n) is 9.98. The van der Waals surface area contributed by atoms with Gasteiger partial charge in [0, 0.05) is 38.9 Å². The fourth-order valence-electron chi connectivity index (χ4n) is 4.52. The van der Waals surface area contributed by atoms with Gasteiger partial charge in [0.2, 0.25) is 0 Å². The third-order valence-corrected chi connectivity index (χ3v) is 6.45. The van der Waals surface area contributed by atoms with Crippen LogP contribution in [0.4, 0.5) is 0 Å². The largest absolute Gasteiger partial charge is 0.505 e. The molecule has 0 fully saturated rings. The number of hydrogen-bond acceptors (Lipinski definition) is 3. The molecule has 0 bridgehead atoms. The Balaban J connectivity index is 0.000000198. The molecular formula is C32H30IrN2O-2. The van der Waals surface area contributed by atoms with Crippen LogP contribution in [0.25, 0.3) is 33.5 Å². The Morgan fingerprint density at radius 2 is 1.61 bits per heavy atom. The van der Waals surface area contributed by atoms with Gasteiger partial charge in [0.15, 0.2) is 0 Å². The van der Waals surface area contributed by atoms with E-state index in [1.165, 1.54) is 35.1 Å². The second kappa shape index (κ2) is 11.3. The molecule has 0 N–H and O–H groups in total. The summed E-state index contributed by atoms with van der Waals surface area (Å²) in [5, 5.41) is 1.25. The van der Waals surface area contributed by atoms with E-state index in [-0.39, 0.29) is 25.5 Å². The first-order valence-electron chi connectivity index (χ1n) is 12.3. The van der Waals surface area contributed by atoms with Crippen molar-refractivity contribution in [2.75, 3.05) is 0 Å². The first kappa shape index (κ1) is 26.0. The average Bonchev–Trinajstić information content (AvgIpc) is 3.29. The number of aromatic nitrogens is 2. The van der Waals surface area contributed by atoms with Crippen LogP contribution in [0, 0.1) is 12.1 Å². The minimum absolute atomic E-state index is 0. The number of pyridine rings is 2. The molecule has 0 amide bonds. The van der Waals surface area contributed by atoms with E-state index in [2.05, 4.69) is 61.1 Å². The van der Waals surface area contributed by atoms with Gasteiger partial charge in [0.25, 0.3) is 0 Å². The molecule has 2 aromatic carbocycles. The van der Waals surface area contributed by atoms with Crippen LogP contribution in [0.15, 0.2) is 83.5 Å². The van der Waals surface area contributed by atoms with Crippen molar-refractivity contribution in [3.8, 4) is 22.5 Å². The summed E-state index contributed by atoms with van der Waals surface area (Å²) in [6, 6.07) is 28.6. The average molecular weight is 651 g/mol. The topological polar surface area (TPSA) is 38.9 Å². The third-order valence-electron chi connectivity index (χ3n) is 6.45. The van der Waals surface area contributed by atoms with E-state index in [1.807, 2.05) is 54.7 Å². The van der Waals surface area contributed by atoms with Crippen molar-refractivity contribution in [1.29, 1.82) is 0 Å². The number of benzene rings is 2. The molecule has 0 aliphatic heterocycles. The smallest absolute Gasteiger partial charge is 0.0930 e. The summed E-state index contributed by atoms with van der Waals surface area (Å²) < 4.78 is 6.23. The molecule has 5 aromatic rings. The van der Waals surface area contributed by atoms with Crippen LogP contribution in [0.5, 0.6) is 0 Å². The summed E-state index contributed by atoms with van der Waals surface area (Å²) in [4.78, 5) is 8.81. The molecule has 3 nitrogen and oxygen atoms in total. The van der Waals surface area contributed by atoms with Gasteiger partial charge in [0.1, 0.15) is 0 Å². The monoisotopic (exact) mass is 651 g/mol. The number of nitrogens with zero attached hydrogens (tertiary/aromatic N) is 2. The summed E-state index contributed by atoms with van der Waals surface area (Å²) >= 11 is 0. The molecule has 6 rings (SSSR count). The van der Waals surface area contributed by atoms with E-state index in [9.17, 15) is 0 Å². The summed E-state index contributed by atoms with van der Waals surface area (Å²) in [5.41, 5.74) is 7.69. The SMILES string of the molecule is CC(C)(C)c1ccnc(-c2[c-]ccc3c4c(oc23)CCCC4)c1.[Ir].[c-]1ccccc1-c1ccccn1. The van der Waals surface area contributed by atoms with Gasteiger partial charge in [0.05, 0.1) is 11.3 Å². The fourth-order valence-corrected chi connectivity index (χ4v) is 4.52. The fraction of sp³-hybridized carbons (Fsp3) is 0.250. The molecule has 0 atom stereocenters. The molecular weight excluding hydrogens is 621 g/mol. The zero-order valence-electron chi connectivity index (χ0n) is 21.0. The van der Waals surface area contributed by atoms with Gasteiger partial charge < -0.3 is 14.4 Å². The molecule has 1 aliphatic carbocycles. The van der Waals surface area contributed by atoms with Gasteiger partial charge in [-0.3, -0.25) is 0 Å². The van der Waals surface area contributed by atoms with Crippen molar-refractivity contribution in [2.24, 2.45) is 0 Å². The summed E-state index contributed by atoms with van der Waals surface area (Å²) in [5.74, 6) is 1.17. The van der Waals surface area contributed by atoms with E-state index in [4.69, 9.17) is 4.42 Å². The van der Waals surface area contributed by atoms with Crippen LogP contribution in [0.1, 0.15) is 50.5 Å². The molecule has 0 saturated heterocycles. The molecule has 4 heteroatoms. The molecule has 3 aromatic heterocycles. The zero-order valence-corrected chi connectivity index (χ0v) is 23.4. The Hall–Kier alpha value is -3.07. The van der Waals surface area contributed by atoms with Crippen LogP contribution in [0.2, 0.25) is 0 Å². The predicted molar refractivity (Wildman–Crippen MR) is 142 cm³/mol. The van der Waals surface area contributed by atoms with Gasteiger partial charge >= 0.3 is 0 Å². The number of hydrogen-bond donors (Lipinski definition) is 0. The van der Waals surface area contributed by atoms with Gasteiger partial charge in [-0.25, -0.2) is 0 Å². The van der Waals surface area contributed by atoms with Crippen LogP contribution in [0.3, 0.4) is 0 Å². The number of furan rings is 1. The first-order valence-corrected chi connectivity index (χ1v) is 12.3. The Morgan fingerprint density at radius 3 is 2.36 bits per heavy atom. The molecule has 0 unspecified atom stereocenters. The Labute approximate surface area is 227 Å². The molecule has 0 spiro atoms. The maximum atomic E-state index is 6.23. The Morgan fingerprint density at radius 1 is 0.806 bits per heavy atom. The van der Waals surface area contributed by atoms with Crippen molar-refractivity contribution in [3.63, 3.8) is 0 Å². The summed E-state index contributed by atoms with van der Waals surface area (Å²) in [6.07, 6.45) is 8.35. The summed E-state index contributed by atoms with van der Waals surface area (Å²) in [7, 11) is 0. The van der Waals surface area contributed by atoms with Gasteiger partial charge in [-0.2, -0.15) is 0 Å². The minimum atomic E-state index is 0. The van der Waals surface area contributed by atoms with Crippen LogP contribution < -0.4 is 0 Å². The van der Waals surface area contributed by atoms with Crippen LogP contribution in [-0.4, -0.2) is 9.97 Å². The van der Waals surface area contributed by atoms with E-state index in [1.54, 1.807) is 6.20 Å². The first-order chi connectivity index (χ1) is 17.0. The predicted octanol–water partition coefficient (Wildman–Crippen LogP) is 8.02. The normalized spacial score (nSPS) is 12.8. The molecule has 36 heavy (non-hydrogen) atoms. The molecule has 0 saturated carbocycles. The van der Waals surface area contributed by atoms with Crippen molar-refractivity contribution in [2.45, 2.75) is 51.9 Å². The van der Waals surface area contributed by atoms with Gasteiger partial charge in [-0.1, -0.05) is 49.9 Å². The van der Waals surface area contributed by atoms with Crippen molar-refractivity contribution in [3.05, 3.63) is 108 Å². The number of aryl methyl sites for hydroxylation is 2. The molecule has 3 heterocycles. The molecule has 185 valence electrons. The zero-order chi connectivity index (χ0) is 24.3. The Bertz CT molecular complexity index is 1380. The van der Waals surface area contributed by atoms with E-state index >= 15 is 0 Å². The van der Waals surface area contributed by atoms with Crippen molar-refractivity contribution >= 4 is 11.0 Å². The molecule has 1 aliphatic rings. The minimum Gasteiger partial charge on any atom is -0.505 e. The third kappa shape index (κ3) is 5.67. The Kier molecular flexibility index (Phi) is 8.18. The van der Waals surface area contributed by atoms with Crippen LogP contribution in [-0.2, 0) is 38.4 Å². The summed E-state index contributed by atoms with van der Waals surface area (Å²) in [6.45, 7) is 6.67. The quantitative estimate of drug-likeness (QED) is 0.182. The molecule has 1 radical (unpaired) electrons. The number of rotatable bonds is 2. The van der Waals surface area contributed by atoms with E-state index in [0.29, 0.717) is 0 Å². The van der Waals surface area contributed by atoms with E-state index < -0.39 is 0 Å². The van der Waals surface area contributed by atoms with E-state index in [0.717, 1.165) is 40.9 Å². The van der Waals surface area contributed by atoms with Crippen molar-refractivity contribution in [1.82, 2.24) is 9.97 Å².